The van der Waals surface area contributed by atoms with Gasteiger partial charge in [-0.25, -0.2) is 0 Å². The molecule has 0 radical (unpaired) electrons. The Kier molecular flexibility index (Phi) is 6.65. The van der Waals surface area contributed by atoms with E-state index in [-0.39, 0.29) is 6.61 Å². The molecular formula is C18H20N2O5. The number of hydrogen-bond acceptors (Lipinski definition) is 5. The molecule has 0 aromatic heterocycles. The predicted octanol–water partition coefficient (Wildman–Crippen LogP) is 1.93. The molecule has 0 atom stereocenters. The summed E-state index contributed by atoms with van der Waals surface area (Å²) in [5, 5.41) is 0. The molecule has 2 rings (SSSR count). The highest BCUT2D eigenvalue weighted by Gasteiger charge is 2.10. The molecule has 2 amide bonds. The molecule has 0 aliphatic carbocycles. The van der Waals surface area contributed by atoms with Crippen molar-refractivity contribution in [2.24, 2.45) is 0 Å². The summed E-state index contributed by atoms with van der Waals surface area (Å²) in [6.45, 7) is 2.09. The Bertz CT molecular complexity index is 716. The molecule has 0 aliphatic heterocycles. The summed E-state index contributed by atoms with van der Waals surface area (Å²) < 4.78 is 15.8. The van der Waals surface area contributed by atoms with Gasteiger partial charge in [-0.2, -0.15) is 0 Å². The fourth-order valence-corrected chi connectivity index (χ4v) is 1.96. The van der Waals surface area contributed by atoms with Crippen molar-refractivity contribution in [3.8, 4) is 17.2 Å². The molecule has 2 N–H and O–H groups in total. The highest BCUT2D eigenvalue weighted by Crippen LogP contribution is 2.26. The average molecular weight is 344 g/mol. The Morgan fingerprint density at radius 2 is 1.56 bits per heavy atom. The van der Waals surface area contributed by atoms with Crippen LogP contribution in [0.25, 0.3) is 0 Å². The van der Waals surface area contributed by atoms with Gasteiger partial charge in [-0.05, 0) is 43.3 Å². The monoisotopic (exact) mass is 344 g/mol. The largest absolute Gasteiger partial charge is 0.497 e. The molecule has 0 bridgehead atoms. The number of methoxy groups -OCH3 is 1. The summed E-state index contributed by atoms with van der Waals surface area (Å²) in [5.74, 6) is 0.724. The van der Waals surface area contributed by atoms with Crippen molar-refractivity contribution in [1.82, 2.24) is 10.9 Å². The molecule has 7 nitrogen and oxygen atoms in total. The van der Waals surface area contributed by atoms with E-state index >= 15 is 0 Å². The zero-order valence-corrected chi connectivity index (χ0v) is 14.1. The van der Waals surface area contributed by atoms with Gasteiger partial charge in [0.25, 0.3) is 11.8 Å². The highest BCUT2D eigenvalue weighted by atomic mass is 16.5. The summed E-state index contributed by atoms with van der Waals surface area (Å²) >= 11 is 0. The van der Waals surface area contributed by atoms with E-state index in [0.29, 0.717) is 29.4 Å². The molecule has 0 unspecified atom stereocenters. The molecule has 0 fully saturated rings. The van der Waals surface area contributed by atoms with E-state index in [2.05, 4.69) is 10.9 Å². The maximum absolute atomic E-state index is 11.9. The van der Waals surface area contributed by atoms with Crippen molar-refractivity contribution in [2.45, 2.75) is 6.92 Å². The standard InChI is InChI=1S/C18H20N2O5/c1-3-24-15-6-4-5-7-16(15)25-12-17(21)19-20-18(22)13-8-10-14(23-2)11-9-13/h4-11H,3,12H2,1-2H3,(H,19,21)(H,20,22). The lowest BCUT2D eigenvalue weighted by molar-refractivity contribution is -0.123. The molecule has 0 aliphatic rings. The quantitative estimate of drug-likeness (QED) is 0.750. The third-order valence-corrected chi connectivity index (χ3v) is 3.18. The van der Waals surface area contributed by atoms with Crippen LogP contribution in [0.15, 0.2) is 48.5 Å². The van der Waals surface area contributed by atoms with Gasteiger partial charge in [0.1, 0.15) is 5.75 Å². The lowest BCUT2D eigenvalue weighted by atomic mass is 10.2. The van der Waals surface area contributed by atoms with Gasteiger partial charge in [-0.1, -0.05) is 12.1 Å². The van der Waals surface area contributed by atoms with E-state index in [1.165, 1.54) is 0 Å². The molecule has 7 heteroatoms. The second-order valence-electron chi connectivity index (χ2n) is 4.90. The number of carbonyl (C=O) groups excluding carboxylic acids is 2. The number of para-hydroxylation sites is 2. The van der Waals surface area contributed by atoms with Crippen LogP contribution >= 0.6 is 0 Å². The van der Waals surface area contributed by atoms with Crippen LogP contribution < -0.4 is 25.1 Å². The van der Waals surface area contributed by atoms with E-state index in [9.17, 15) is 9.59 Å². The second kappa shape index (κ2) is 9.17. The van der Waals surface area contributed by atoms with Crippen molar-refractivity contribution >= 4 is 11.8 Å². The molecule has 0 saturated heterocycles. The molecule has 0 spiro atoms. The Labute approximate surface area is 145 Å². The first-order valence-electron chi connectivity index (χ1n) is 7.72. The first kappa shape index (κ1) is 18.1. The predicted molar refractivity (Wildman–Crippen MR) is 91.7 cm³/mol. The SMILES string of the molecule is CCOc1ccccc1OCC(=O)NNC(=O)c1ccc(OC)cc1. The van der Waals surface area contributed by atoms with Crippen LogP contribution in [0.3, 0.4) is 0 Å². The van der Waals surface area contributed by atoms with Crippen LogP contribution in [0.1, 0.15) is 17.3 Å². The van der Waals surface area contributed by atoms with Crippen LogP contribution in [0.5, 0.6) is 17.2 Å². The van der Waals surface area contributed by atoms with E-state index < -0.39 is 11.8 Å². The lowest BCUT2D eigenvalue weighted by Crippen LogP contribution is -2.43. The normalized spacial score (nSPS) is 9.84. The number of carbonyl (C=O) groups is 2. The minimum atomic E-state index is -0.492. The number of hydrogen-bond donors (Lipinski definition) is 2. The first-order valence-corrected chi connectivity index (χ1v) is 7.72. The van der Waals surface area contributed by atoms with Crippen LogP contribution in [0, 0.1) is 0 Å². The minimum Gasteiger partial charge on any atom is -0.497 e. The number of amides is 2. The maximum Gasteiger partial charge on any atom is 0.276 e. The van der Waals surface area contributed by atoms with Gasteiger partial charge in [-0.3, -0.25) is 20.4 Å². The van der Waals surface area contributed by atoms with Crippen molar-refractivity contribution < 1.29 is 23.8 Å². The van der Waals surface area contributed by atoms with Crippen molar-refractivity contribution in [1.29, 1.82) is 0 Å². The van der Waals surface area contributed by atoms with Crippen molar-refractivity contribution in [3.63, 3.8) is 0 Å². The van der Waals surface area contributed by atoms with Crippen LogP contribution in [0.2, 0.25) is 0 Å². The Hall–Kier alpha value is -3.22. The topological polar surface area (TPSA) is 85.9 Å². The zero-order valence-electron chi connectivity index (χ0n) is 14.1. The number of ether oxygens (including phenoxy) is 3. The van der Waals surface area contributed by atoms with E-state index in [4.69, 9.17) is 14.2 Å². The third kappa shape index (κ3) is 5.42. The number of benzene rings is 2. The Morgan fingerprint density at radius 1 is 0.920 bits per heavy atom. The smallest absolute Gasteiger partial charge is 0.276 e. The Balaban J connectivity index is 1.81. The summed E-state index contributed by atoms with van der Waals surface area (Å²) in [4.78, 5) is 23.7. The molecule has 2 aromatic carbocycles. The van der Waals surface area contributed by atoms with Crippen molar-refractivity contribution in [2.75, 3.05) is 20.3 Å². The molecule has 2 aromatic rings. The molecule has 25 heavy (non-hydrogen) atoms. The van der Waals surface area contributed by atoms with Gasteiger partial charge < -0.3 is 14.2 Å². The lowest BCUT2D eigenvalue weighted by Gasteiger charge is -2.12. The molecule has 132 valence electrons. The van der Waals surface area contributed by atoms with Crippen LogP contribution in [-0.2, 0) is 4.79 Å². The van der Waals surface area contributed by atoms with Gasteiger partial charge >= 0.3 is 0 Å². The van der Waals surface area contributed by atoms with E-state index in [1.807, 2.05) is 13.0 Å². The summed E-state index contributed by atoms with van der Waals surface area (Å²) in [7, 11) is 1.54. The van der Waals surface area contributed by atoms with Gasteiger partial charge in [-0.15, -0.1) is 0 Å². The van der Waals surface area contributed by atoms with Crippen LogP contribution in [-0.4, -0.2) is 32.1 Å². The fraction of sp³-hybridized carbons (Fsp3) is 0.222. The van der Waals surface area contributed by atoms with Gasteiger partial charge in [0.2, 0.25) is 0 Å². The van der Waals surface area contributed by atoms with E-state index in [1.54, 1.807) is 49.6 Å². The summed E-state index contributed by atoms with van der Waals surface area (Å²) in [5.41, 5.74) is 5.01. The maximum atomic E-state index is 11.9. The van der Waals surface area contributed by atoms with Crippen molar-refractivity contribution in [3.05, 3.63) is 54.1 Å². The summed E-state index contributed by atoms with van der Waals surface area (Å²) in [6, 6.07) is 13.5. The molecule has 0 heterocycles. The minimum absolute atomic E-state index is 0.257. The number of rotatable bonds is 7. The Morgan fingerprint density at radius 3 is 2.16 bits per heavy atom. The third-order valence-electron chi connectivity index (χ3n) is 3.18. The first-order chi connectivity index (χ1) is 12.1. The van der Waals surface area contributed by atoms with Gasteiger partial charge in [0, 0.05) is 5.56 Å². The average Bonchev–Trinajstić information content (AvgIpc) is 2.65. The molecule has 0 saturated carbocycles. The number of hydrazine groups is 1. The number of nitrogens with one attached hydrogen (secondary N) is 2. The van der Waals surface area contributed by atoms with Crippen LogP contribution in [0.4, 0.5) is 0 Å². The molecular weight excluding hydrogens is 324 g/mol. The summed E-state index contributed by atoms with van der Waals surface area (Å²) in [6.07, 6.45) is 0. The van der Waals surface area contributed by atoms with Gasteiger partial charge in [0.15, 0.2) is 18.1 Å². The van der Waals surface area contributed by atoms with Gasteiger partial charge in [0.05, 0.1) is 13.7 Å². The second-order valence-corrected chi connectivity index (χ2v) is 4.90. The highest BCUT2D eigenvalue weighted by molar-refractivity contribution is 5.95. The fourth-order valence-electron chi connectivity index (χ4n) is 1.96. The van der Waals surface area contributed by atoms with E-state index in [0.717, 1.165) is 0 Å². The zero-order chi connectivity index (χ0) is 18.1.